The summed E-state index contributed by atoms with van der Waals surface area (Å²) in [6.07, 6.45) is 1.95. The molecular weight excluding hydrogens is 86.1 g/mol. The van der Waals surface area contributed by atoms with E-state index in [9.17, 15) is 0 Å². The molecular formula is C6H11N. The van der Waals surface area contributed by atoms with Crippen LogP contribution in [0.4, 0.5) is 0 Å². The lowest BCUT2D eigenvalue weighted by Gasteiger charge is -1.81. The third-order valence-corrected chi connectivity index (χ3v) is 1.22. The molecule has 1 aromatic heterocycles. The summed E-state index contributed by atoms with van der Waals surface area (Å²) in [6.45, 7) is 4.15. The van der Waals surface area contributed by atoms with Gasteiger partial charge in [-0.05, 0) is 25.5 Å². The fraction of sp³-hybridized carbons (Fsp3) is 0.333. The first-order valence-corrected chi connectivity index (χ1v) is 2.41. The van der Waals surface area contributed by atoms with E-state index >= 15 is 0 Å². The van der Waals surface area contributed by atoms with Gasteiger partial charge in [-0.2, -0.15) is 0 Å². The quantitative estimate of drug-likeness (QED) is 0.508. The van der Waals surface area contributed by atoms with Gasteiger partial charge in [0.2, 0.25) is 0 Å². The van der Waals surface area contributed by atoms with Crippen molar-refractivity contribution >= 4 is 0 Å². The molecule has 1 aromatic rings. The molecule has 0 aromatic carbocycles. The number of aromatic nitrogens is 1. The second-order valence-corrected chi connectivity index (χ2v) is 1.79. The Morgan fingerprint density at radius 2 is 2.29 bits per heavy atom. The highest BCUT2D eigenvalue weighted by atomic mass is 14.7. The smallest absolute Gasteiger partial charge is 0.0145 e. The van der Waals surface area contributed by atoms with Gasteiger partial charge in [-0.25, -0.2) is 0 Å². The normalized spacial score (nSPS) is 9.43. The fourth-order valence-corrected chi connectivity index (χ4v) is 0.531. The second-order valence-electron chi connectivity index (χ2n) is 1.79. The van der Waals surface area contributed by atoms with Crippen molar-refractivity contribution in [3.63, 3.8) is 0 Å². The third-order valence-electron chi connectivity index (χ3n) is 1.22. The summed E-state index contributed by atoms with van der Waals surface area (Å²) in [7, 11) is 0. The first-order valence-electron chi connectivity index (χ1n) is 2.41. The van der Waals surface area contributed by atoms with Crippen molar-refractivity contribution in [2.75, 3.05) is 0 Å². The van der Waals surface area contributed by atoms with Crippen molar-refractivity contribution in [2.45, 2.75) is 13.8 Å². The molecule has 0 bridgehead atoms. The van der Waals surface area contributed by atoms with Gasteiger partial charge in [0, 0.05) is 13.3 Å². The van der Waals surface area contributed by atoms with Gasteiger partial charge in [0.05, 0.1) is 0 Å². The minimum absolute atomic E-state index is 0. The van der Waals surface area contributed by atoms with E-state index in [0.717, 1.165) is 0 Å². The number of hydrogen-bond acceptors (Lipinski definition) is 0. The molecule has 1 heterocycles. The predicted molar refractivity (Wildman–Crippen MR) is 32.4 cm³/mol. The molecule has 1 nitrogen and oxygen atoms in total. The topological polar surface area (TPSA) is 15.8 Å². The lowest BCUT2D eigenvalue weighted by molar-refractivity contribution is 1.23. The zero-order valence-corrected chi connectivity index (χ0v) is 4.65. The second kappa shape index (κ2) is 1.41. The minimum atomic E-state index is 0. The SMILES string of the molecule is Cc1cc[nH]c1C.[HH]. The molecule has 0 atom stereocenters. The monoisotopic (exact) mass is 97.1 g/mol. The van der Waals surface area contributed by atoms with Crippen LogP contribution in [0.2, 0.25) is 0 Å². The molecule has 1 rings (SSSR count). The molecule has 0 radical (unpaired) electrons. The van der Waals surface area contributed by atoms with E-state index in [1.165, 1.54) is 11.3 Å². The van der Waals surface area contributed by atoms with Gasteiger partial charge in [-0.15, -0.1) is 0 Å². The van der Waals surface area contributed by atoms with Crippen LogP contribution in [0.5, 0.6) is 0 Å². The number of rotatable bonds is 0. The maximum Gasteiger partial charge on any atom is 0.0145 e. The van der Waals surface area contributed by atoms with Crippen molar-refractivity contribution < 1.29 is 1.43 Å². The van der Waals surface area contributed by atoms with Crippen molar-refractivity contribution in [3.05, 3.63) is 23.5 Å². The first-order chi connectivity index (χ1) is 3.30. The Bertz CT molecular complexity index is 141. The average molecular weight is 97.2 g/mol. The first kappa shape index (κ1) is 4.44. The number of nitrogens with one attached hydrogen (secondary N) is 1. The van der Waals surface area contributed by atoms with E-state index in [1.807, 2.05) is 6.20 Å². The molecule has 0 aliphatic carbocycles. The highest BCUT2D eigenvalue weighted by Gasteiger charge is 1.85. The standard InChI is InChI=1S/C6H9N.H2/c1-5-3-4-7-6(5)2;/h3-4,7H,1-2H3;1H. The van der Waals surface area contributed by atoms with Gasteiger partial charge in [0.25, 0.3) is 0 Å². The van der Waals surface area contributed by atoms with Crippen LogP contribution in [0, 0.1) is 13.8 Å². The van der Waals surface area contributed by atoms with Gasteiger partial charge in [0.15, 0.2) is 0 Å². The molecule has 7 heavy (non-hydrogen) atoms. The summed E-state index contributed by atoms with van der Waals surface area (Å²) in [5, 5.41) is 0. The molecule has 1 N–H and O–H groups in total. The zero-order chi connectivity index (χ0) is 5.28. The lowest BCUT2D eigenvalue weighted by Crippen LogP contribution is -1.69. The fourth-order valence-electron chi connectivity index (χ4n) is 0.531. The van der Waals surface area contributed by atoms with Crippen LogP contribution in [0.25, 0.3) is 0 Å². The Kier molecular flexibility index (Phi) is 0.895. The highest BCUT2D eigenvalue weighted by Crippen LogP contribution is 1.99. The van der Waals surface area contributed by atoms with Crippen LogP contribution in [0.15, 0.2) is 12.3 Å². The van der Waals surface area contributed by atoms with Gasteiger partial charge < -0.3 is 4.98 Å². The van der Waals surface area contributed by atoms with E-state index in [1.54, 1.807) is 0 Å². The van der Waals surface area contributed by atoms with Crippen LogP contribution in [-0.2, 0) is 0 Å². The third kappa shape index (κ3) is 0.660. The molecule has 0 fully saturated rings. The van der Waals surface area contributed by atoms with Gasteiger partial charge in [-0.3, -0.25) is 0 Å². The minimum Gasteiger partial charge on any atom is -0.365 e. The summed E-state index contributed by atoms with van der Waals surface area (Å²) >= 11 is 0. The van der Waals surface area contributed by atoms with Crippen molar-refractivity contribution in [1.82, 2.24) is 4.98 Å². The lowest BCUT2D eigenvalue weighted by atomic mass is 10.3. The summed E-state index contributed by atoms with van der Waals surface area (Å²) in [5.41, 5.74) is 2.60. The van der Waals surface area contributed by atoms with Crippen molar-refractivity contribution in [3.8, 4) is 0 Å². The molecule has 0 spiro atoms. The Balaban J connectivity index is 0.000000490. The number of aryl methyl sites for hydroxylation is 2. The zero-order valence-electron chi connectivity index (χ0n) is 4.65. The maximum absolute atomic E-state index is 3.07. The van der Waals surface area contributed by atoms with E-state index in [-0.39, 0.29) is 1.43 Å². The van der Waals surface area contributed by atoms with Crippen LogP contribution in [-0.4, -0.2) is 4.98 Å². The van der Waals surface area contributed by atoms with Gasteiger partial charge in [0.1, 0.15) is 0 Å². The Hall–Kier alpha value is -0.720. The number of hydrogen-bond donors (Lipinski definition) is 1. The Labute approximate surface area is 44.9 Å². The van der Waals surface area contributed by atoms with Crippen LogP contribution >= 0.6 is 0 Å². The molecule has 1 heteroatoms. The summed E-state index contributed by atoms with van der Waals surface area (Å²) < 4.78 is 0. The molecule has 0 unspecified atom stereocenters. The number of aromatic amines is 1. The summed E-state index contributed by atoms with van der Waals surface area (Å²) in [4.78, 5) is 3.07. The largest absolute Gasteiger partial charge is 0.365 e. The van der Waals surface area contributed by atoms with Crippen LogP contribution in [0.1, 0.15) is 12.7 Å². The van der Waals surface area contributed by atoms with E-state index in [2.05, 4.69) is 24.9 Å². The van der Waals surface area contributed by atoms with E-state index in [0.29, 0.717) is 0 Å². The molecule has 0 saturated carbocycles. The van der Waals surface area contributed by atoms with Gasteiger partial charge >= 0.3 is 0 Å². The maximum atomic E-state index is 3.07. The summed E-state index contributed by atoms with van der Waals surface area (Å²) in [6, 6.07) is 2.06. The van der Waals surface area contributed by atoms with Crippen LogP contribution < -0.4 is 0 Å². The van der Waals surface area contributed by atoms with Crippen molar-refractivity contribution in [2.24, 2.45) is 0 Å². The Morgan fingerprint density at radius 3 is 2.43 bits per heavy atom. The predicted octanol–water partition coefficient (Wildman–Crippen LogP) is 1.88. The molecule has 40 valence electrons. The average Bonchev–Trinajstić information content (AvgIpc) is 1.91. The molecule has 0 aliphatic heterocycles. The summed E-state index contributed by atoms with van der Waals surface area (Å²) in [5.74, 6) is 0. The van der Waals surface area contributed by atoms with Crippen LogP contribution in [0.3, 0.4) is 0 Å². The van der Waals surface area contributed by atoms with Crippen molar-refractivity contribution in [1.29, 1.82) is 0 Å². The highest BCUT2D eigenvalue weighted by molar-refractivity contribution is 5.15. The number of H-pyrrole nitrogens is 1. The van der Waals surface area contributed by atoms with Gasteiger partial charge in [-0.1, -0.05) is 0 Å². The molecule has 0 amide bonds. The molecule has 0 saturated heterocycles. The molecule has 0 aliphatic rings. The van der Waals surface area contributed by atoms with E-state index < -0.39 is 0 Å². The Morgan fingerprint density at radius 1 is 1.57 bits per heavy atom. The van der Waals surface area contributed by atoms with E-state index in [4.69, 9.17) is 0 Å².